The van der Waals surface area contributed by atoms with Gasteiger partial charge in [-0.05, 0) is 42.4 Å². The van der Waals surface area contributed by atoms with Crippen molar-refractivity contribution in [1.82, 2.24) is 4.98 Å². The average molecular weight is 157 g/mol. The number of fused-ring (bicyclic) bond motifs is 3. The van der Waals surface area contributed by atoms with Crippen molar-refractivity contribution in [2.24, 2.45) is 5.92 Å². The van der Waals surface area contributed by atoms with Gasteiger partial charge in [-0.2, -0.15) is 0 Å². The van der Waals surface area contributed by atoms with E-state index < -0.39 is 0 Å². The van der Waals surface area contributed by atoms with Gasteiger partial charge in [0.1, 0.15) is 0 Å². The minimum absolute atomic E-state index is 0.803. The zero-order valence-corrected chi connectivity index (χ0v) is 7.12. The molecule has 12 heavy (non-hydrogen) atoms. The van der Waals surface area contributed by atoms with Gasteiger partial charge < -0.3 is 0 Å². The van der Waals surface area contributed by atoms with Crippen LogP contribution in [0.25, 0.3) is 5.57 Å². The number of rotatable bonds is 0. The summed E-state index contributed by atoms with van der Waals surface area (Å²) >= 11 is 0. The molecule has 0 saturated heterocycles. The molecule has 0 spiro atoms. The quantitative estimate of drug-likeness (QED) is 0.564. The molecule has 3 rings (SSSR count). The molecule has 1 heteroatoms. The van der Waals surface area contributed by atoms with Crippen LogP contribution < -0.4 is 0 Å². The molecule has 1 fully saturated rings. The minimum atomic E-state index is 0.803. The second-order valence-corrected chi connectivity index (χ2v) is 3.80. The van der Waals surface area contributed by atoms with Crippen molar-refractivity contribution in [3.8, 4) is 0 Å². The molecule has 0 aromatic carbocycles. The van der Waals surface area contributed by atoms with E-state index in [9.17, 15) is 0 Å². The predicted octanol–water partition coefficient (Wildman–Crippen LogP) is 2.60. The Hall–Kier alpha value is -1.11. The number of allylic oxidation sites excluding steroid dienone is 2. The van der Waals surface area contributed by atoms with Crippen LogP contribution in [-0.4, -0.2) is 4.98 Å². The van der Waals surface area contributed by atoms with Crippen LogP contribution in [0.1, 0.15) is 30.5 Å². The third-order valence-corrected chi connectivity index (χ3v) is 2.92. The maximum absolute atomic E-state index is 4.41. The topological polar surface area (TPSA) is 12.9 Å². The number of pyridine rings is 1. The van der Waals surface area contributed by atoms with E-state index in [0.29, 0.717) is 0 Å². The lowest BCUT2D eigenvalue weighted by Crippen LogP contribution is -1.98. The van der Waals surface area contributed by atoms with Gasteiger partial charge in [-0.1, -0.05) is 12.1 Å². The Morgan fingerprint density at radius 1 is 1.50 bits per heavy atom. The van der Waals surface area contributed by atoms with Gasteiger partial charge in [0.05, 0.1) is 5.69 Å². The average Bonchev–Trinajstić information content (AvgIpc) is 2.84. The molecule has 2 aliphatic carbocycles. The Balaban J connectivity index is 2.25. The molecule has 1 nitrogen and oxygen atoms in total. The second-order valence-electron chi connectivity index (χ2n) is 3.80. The normalized spacial score (nSPS) is 30.2. The van der Waals surface area contributed by atoms with Gasteiger partial charge in [-0.15, -0.1) is 0 Å². The summed E-state index contributed by atoms with van der Waals surface area (Å²) in [4.78, 5) is 4.41. The smallest absolute Gasteiger partial charge is 0.0690 e. The maximum Gasteiger partial charge on any atom is 0.0690 e. The highest BCUT2D eigenvalue weighted by Gasteiger charge is 2.41. The van der Waals surface area contributed by atoms with E-state index in [-0.39, 0.29) is 0 Å². The minimum Gasteiger partial charge on any atom is -0.256 e. The first kappa shape index (κ1) is 6.41. The Morgan fingerprint density at radius 2 is 2.42 bits per heavy atom. The first-order valence-corrected chi connectivity index (χ1v) is 4.50. The van der Waals surface area contributed by atoms with Gasteiger partial charge >= 0.3 is 0 Å². The Kier molecular flexibility index (Phi) is 1.06. The summed E-state index contributed by atoms with van der Waals surface area (Å²) in [6.07, 6.45) is 5.61. The predicted molar refractivity (Wildman–Crippen MR) is 48.7 cm³/mol. The van der Waals surface area contributed by atoms with Crippen molar-refractivity contribution in [3.63, 3.8) is 0 Å². The molecule has 1 aromatic rings. The SMILES string of the molecule is CC1=CC2CC2c2cccnc21. The zero-order chi connectivity index (χ0) is 8.13. The van der Waals surface area contributed by atoms with E-state index >= 15 is 0 Å². The van der Waals surface area contributed by atoms with E-state index in [4.69, 9.17) is 0 Å². The molecule has 0 aliphatic heterocycles. The molecule has 60 valence electrons. The highest BCUT2D eigenvalue weighted by atomic mass is 14.7. The Bertz CT molecular complexity index is 365. The first-order chi connectivity index (χ1) is 5.86. The number of hydrogen-bond acceptors (Lipinski definition) is 1. The van der Waals surface area contributed by atoms with Crippen LogP contribution >= 0.6 is 0 Å². The van der Waals surface area contributed by atoms with E-state index in [0.717, 1.165) is 11.8 Å². The molecule has 2 aliphatic rings. The van der Waals surface area contributed by atoms with Crippen molar-refractivity contribution < 1.29 is 0 Å². The number of hydrogen-bond donors (Lipinski definition) is 0. The molecule has 1 aromatic heterocycles. The van der Waals surface area contributed by atoms with Crippen LogP contribution in [0, 0.1) is 5.92 Å². The molecule has 2 unspecified atom stereocenters. The molecule has 1 saturated carbocycles. The van der Waals surface area contributed by atoms with E-state index in [1.807, 2.05) is 12.3 Å². The lowest BCUT2D eigenvalue weighted by Gasteiger charge is -2.12. The molecule has 2 atom stereocenters. The van der Waals surface area contributed by atoms with Crippen molar-refractivity contribution in [1.29, 1.82) is 0 Å². The Labute approximate surface area is 72.1 Å². The summed E-state index contributed by atoms with van der Waals surface area (Å²) in [7, 11) is 0. The van der Waals surface area contributed by atoms with E-state index in [1.165, 1.54) is 23.3 Å². The monoisotopic (exact) mass is 157 g/mol. The van der Waals surface area contributed by atoms with Gasteiger partial charge in [0, 0.05) is 6.20 Å². The maximum atomic E-state index is 4.41. The van der Waals surface area contributed by atoms with Crippen molar-refractivity contribution >= 4 is 5.57 Å². The van der Waals surface area contributed by atoms with Crippen LogP contribution in [0.2, 0.25) is 0 Å². The summed E-state index contributed by atoms with van der Waals surface area (Å²) in [6.45, 7) is 2.17. The third kappa shape index (κ3) is 0.711. The van der Waals surface area contributed by atoms with Gasteiger partial charge in [0.25, 0.3) is 0 Å². The fourth-order valence-electron chi connectivity index (χ4n) is 2.20. The molecular formula is C11H11N. The third-order valence-electron chi connectivity index (χ3n) is 2.92. The lowest BCUT2D eigenvalue weighted by atomic mass is 9.97. The summed E-state index contributed by atoms with van der Waals surface area (Å²) in [5, 5.41) is 0. The zero-order valence-electron chi connectivity index (χ0n) is 7.12. The molecule has 0 N–H and O–H groups in total. The fraction of sp³-hybridized carbons (Fsp3) is 0.364. The molecule has 1 heterocycles. The van der Waals surface area contributed by atoms with Gasteiger partial charge in [0.15, 0.2) is 0 Å². The summed E-state index contributed by atoms with van der Waals surface area (Å²) < 4.78 is 0. The highest BCUT2D eigenvalue weighted by Crippen LogP contribution is 2.53. The summed E-state index contributed by atoms with van der Waals surface area (Å²) in [5.41, 5.74) is 4.07. The number of aromatic nitrogens is 1. The number of nitrogens with zero attached hydrogens (tertiary/aromatic N) is 1. The standard InChI is InChI=1S/C11H11N/c1-7-5-8-6-10(8)9-3-2-4-12-11(7)9/h2-5,8,10H,6H2,1H3. The van der Waals surface area contributed by atoms with E-state index in [2.05, 4.69) is 24.1 Å². The van der Waals surface area contributed by atoms with Gasteiger partial charge in [0.2, 0.25) is 0 Å². The van der Waals surface area contributed by atoms with Gasteiger partial charge in [-0.25, -0.2) is 0 Å². The van der Waals surface area contributed by atoms with Crippen LogP contribution in [0.3, 0.4) is 0 Å². The second kappa shape index (κ2) is 1.98. The van der Waals surface area contributed by atoms with Gasteiger partial charge in [-0.3, -0.25) is 4.98 Å². The Morgan fingerprint density at radius 3 is 3.33 bits per heavy atom. The summed E-state index contributed by atoms with van der Waals surface area (Å²) in [5.74, 6) is 1.64. The van der Waals surface area contributed by atoms with Crippen molar-refractivity contribution in [2.45, 2.75) is 19.3 Å². The highest BCUT2D eigenvalue weighted by molar-refractivity contribution is 5.68. The van der Waals surface area contributed by atoms with Crippen LogP contribution in [0.4, 0.5) is 0 Å². The molecule has 0 bridgehead atoms. The van der Waals surface area contributed by atoms with Crippen LogP contribution in [0.15, 0.2) is 24.4 Å². The summed E-state index contributed by atoms with van der Waals surface area (Å²) in [6, 6.07) is 4.27. The lowest BCUT2D eigenvalue weighted by molar-refractivity contribution is 0.961. The van der Waals surface area contributed by atoms with Crippen molar-refractivity contribution in [3.05, 3.63) is 35.7 Å². The molecule has 0 amide bonds. The van der Waals surface area contributed by atoms with E-state index in [1.54, 1.807) is 0 Å². The van der Waals surface area contributed by atoms with Crippen LogP contribution in [0.5, 0.6) is 0 Å². The molecular weight excluding hydrogens is 146 g/mol. The first-order valence-electron chi connectivity index (χ1n) is 4.50. The molecule has 0 radical (unpaired) electrons. The largest absolute Gasteiger partial charge is 0.256 e. The van der Waals surface area contributed by atoms with Crippen molar-refractivity contribution in [2.75, 3.05) is 0 Å². The fourth-order valence-corrected chi connectivity index (χ4v) is 2.20. The van der Waals surface area contributed by atoms with Crippen LogP contribution in [-0.2, 0) is 0 Å².